The van der Waals surface area contributed by atoms with Gasteiger partial charge >= 0.3 is 0 Å². The maximum Gasteiger partial charge on any atom is 0.261 e. The highest BCUT2D eigenvalue weighted by atomic mass is 35.5. The fourth-order valence-corrected chi connectivity index (χ4v) is 4.08. The van der Waals surface area contributed by atoms with E-state index < -0.39 is 0 Å². The molecular weight excluding hydrogens is 487 g/mol. The zero-order valence-corrected chi connectivity index (χ0v) is 20.5. The molecular formula is C27H28ClFN2O5. The summed E-state index contributed by atoms with van der Waals surface area (Å²) in [6.07, 6.45) is 3.14. The maximum absolute atomic E-state index is 13.5. The summed E-state index contributed by atoms with van der Waals surface area (Å²) in [5.41, 5.74) is 0.763. The van der Waals surface area contributed by atoms with Crippen LogP contribution in [0, 0.1) is 5.82 Å². The van der Waals surface area contributed by atoms with Gasteiger partial charge in [-0.25, -0.2) is 4.39 Å². The average Bonchev–Trinajstić information content (AvgIpc) is 3.58. The van der Waals surface area contributed by atoms with Gasteiger partial charge in [0.2, 0.25) is 5.91 Å². The monoisotopic (exact) mass is 514 g/mol. The van der Waals surface area contributed by atoms with Crippen LogP contribution in [0.3, 0.4) is 0 Å². The van der Waals surface area contributed by atoms with Gasteiger partial charge in [0.15, 0.2) is 6.61 Å². The van der Waals surface area contributed by atoms with Crippen LogP contribution in [0.4, 0.5) is 4.39 Å². The van der Waals surface area contributed by atoms with E-state index in [-0.39, 0.29) is 50.0 Å². The Morgan fingerprint density at radius 3 is 2.44 bits per heavy atom. The second-order valence-electron chi connectivity index (χ2n) is 8.61. The van der Waals surface area contributed by atoms with Gasteiger partial charge in [0.25, 0.3) is 5.91 Å². The molecule has 3 aromatic rings. The minimum absolute atomic E-state index is 0.132. The van der Waals surface area contributed by atoms with Crippen molar-refractivity contribution in [2.24, 2.45) is 0 Å². The van der Waals surface area contributed by atoms with Crippen molar-refractivity contribution >= 4 is 23.4 Å². The molecule has 0 spiro atoms. The van der Waals surface area contributed by atoms with E-state index in [1.807, 2.05) is 0 Å². The van der Waals surface area contributed by atoms with E-state index in [2.05, 4.69) is 0 Å². The molecule has 1 aliphatic heterocycles. The van der Waals surface area contributed by atoms with Gasteiger partial charge in [0.05, 0.1) is 25.5 Å². The molecule has 2 aromatic carbocycles. The van der Waals surface area contributed by atoms with Crippen LogP contribution in [-0.2, 0) is 27.4 Å². The maximum atomic E-state index is 13.5. The Labute approximate surface area is 214 Å². The molecule has 2 amide bonds. The number of amides is 2. The second-order valence-corrected chi connectivity index (χ2v) is 9.04. The van der Waals surface area contributed by atoms with Crippen molar-refractivity contribution in [2.75, 3.05) is 26.3 Å². The number of halogens is 2. The van der Waals surface area contributed by atoms with Crippen molar-refractivity contribution in [3.8, 4) is 5.75 Å². The van der Waals surface area contributed by atoms with Crippen LogP contribution in [0.25, 0.3) is 0 Å². The van der Waals surface area contributed by atoms with Crippen LogP contribution in [0.15, 0.2) is 71.3 Å². The van der Waals surface area contributed by atoms with E-state index in [1.165, 1.54) is 23.3 Å². The van der Waals surface area contributed by atoms with Gasteiger partial charge in [-0.05, 0) is 66.9 Å². The van der Waals surface area contributed by atoms with E-state index in [1.54, 1.807) is 53.4 Å². The number of benzene rings is 2. The van der Waals surface area contributed by atoms with Crippen molar-refractivity contribution in [2.45, 2.75) is 32.0 Å². The zero-order chi connectivity index (χ0) is 25.3. The van der Waals surface area contributed by atoms with E-state index in [4.69, 9.17) is 25.5 Å². The summed E-state index contributed by atoms with van der Waals surface area (Å²) in [6, 6.07) is 16.2. The third-order valence-corrected chi connectivity index (χ3v) is 6.12. The Morgan fingerprint density at radius 2 is 1.78 bits per heavy atom. The minimum atomic E-state index is -0.350. The highest BCUT2D eigenvalue weighted by Crippen LogP contribution is 2.18. The summed E-state index contributed by atoms with van der Waals surface area (Å²) in [7, 11) is 0. The Kier molecular flexibility index (Phi) is 8.97. The predicted octanol–water partition coefficient (Wildman–Crippen LogP) is 4.69. The lowest BCUT2D eigenvalue weighted by Crippen LogP contribution is -2.46. The number of hydrogen-bond donors (Lipinski definition) is 0. The predicted molar refractivity (Wildman–Crippen MR) is 132 cm³/mol. The number of carbonyl (C=O) groups is 2. The van der Waals surface area contributed by atoms with Gasteiger partial charge < -0.3 is 23.7 Å². The summed E-state index contributed by atoms with van der Waals surface area (Å²) >= 11 is 5.91. The number of rotatable bonds is 11. The summed E-state index contributed by atoms with van der Waals surface area (Å²) in [6.45, 7) is 1.01. The molecule has 190 valence electrons. The molecule has 2 heterocycles. The van der Waals surface area contributed by atoms with E-state index >= 15 is 0 Å². The quantitative estimate of drug-likeness (QED) is 0.371. The van der Waals surface area contributed by atoms with Crippen LogP contribution in [0.5, 0.6) is 5.75 Å². The van der Waals surface area contributed by atoms with E-state index in [0.717, 1.165) is 18.4 Å². The molecule has 0 bridgehead atoms. The van der Waals surface area contributed by atoms with Gasteiger partial charge in [-0.3, -0.25) is 9.59 Å². The normalized spacial score (nSPS) is 15.0. The molecule has 0 saturated carbocycles. The molecule has 7 nitrogen and oxygen atoms in total. The molecule has 0 aliphatic carbocycles. The first-order valence-electron chi connectivity index (χ1n) is 11.8. The lowest BCUT2D eigenvalue weighted by molar-refractivity contribution is -0.143. The number of nitrogens with zero attached hydrogens (tertiary/aromatic N) is 2. The first-order valence-corrected chi connectivity index (χ1v) is 12.2. The standard InChI is InChI=1S/C27H28ClFN2O5/c28-21-7-11-23(12-8-21)36-19-27(33)31(17-25-4-2-14-35-25)18-26(32)30(16-24-3-1-13-34-24)15-20-5-9-22(29)10-6-20/h1,3,5-13,25H,2,4,14-19H2. The smallest absolute Gasteiger partial charge is 0.261 e. The Bertz CT molecular complexity index is 1120. The fourth-order valence-electron chi connectivity index (χ4n) is 3.95. The van der Waals surface area contributed by atoms with Gasteiger partial charge in [-0.1, -0.05) is 23.7 Å². The molecule has 1 atom stereocenters. The Balaban J connectivity index is 1.46. The van der Waals surface area contributed by atoms with Crippen LogP contribution in [0.2, 0.25) is 5.02 Å². The highest BCUT2D eigenvalue weighted by molar-refractivity contribution is 6.30. The first-order chi connectivity index (χ1) is 17.5. The molecule has 1 fully saturated rings. The molecule has 0 radical (unpaired) electrons. The van der Waals surface area contributed by atoms with Gasteiger partial charge in [-0.2, -0.15) is 0 Å². The molecule has 0 N–H and O–H groups in total. The minimum Gasteiger partial charge on any atom is -0.484 e. The van der Waals surface area contributed by atoms with Crippen LogP contribution in [0.1, 0.15) is 24.2 Å². The van der Waals surface area contributed by atoms with Crippen LogP contribution < -0.4 is 4.74 Å². The van der Waals surface area contributed by atoms with Gasteiger partial charge in [0, 0.05) is 24.7 Å². The molecule has 1 aromatic heterocycles. The van der Waals surface area contributed by atoms with Crippen molar-refractivity contribution < 1.29 is 27.9 Å². The third-order valence-electron chi connectivity index (χ3n) is 5.87. The molecule has 1 unspecified atom stereocenters. The fraction of sp³-hybridized carbons (Fsp3) is 0.333. The highest BCUT2D eigenvalue weighted by Gasteiger charge is 2.27. The summed E-state index contributed by atoms with van der Waals surface area (Å²) in [5.74, 6) is 0.166. The molecule has 9 heteroatoms. The van der Waals surface area contributed by atoms with Crippen molar-refractivity contribution in [1.82, 2.24) is 9.80 Å². The lowest BCUT2D eigenvalue weighted by atomic mass is 10.2. The van der Waals surface area contributed by atoms with Crippen LogP contribution in [-0.4, -0.2) is 54.0 Å². The SMILES string of the molecule is O=C(CN(CC1CCCO1)C(=O)COc1ccc(Cl)cc1)N(Cc1ccc(F)cc1)Cc1ccco1. The number of furan rings is 1. The topological polar surface area (TPSA) is 72.2 Å². The van der Waals surface area contributed by atoms with Crippen molar-refractivity contribution in [1.29, 1.82) is 0 Å². The Morgan fingerprint density at radius 1 is 1.00 bits per heavy atom. The van der Waals surface area contributed by atoms with Crippen molar-refractivity contribution in [3.05, 3.63) is 89.1 Å². The lowest BCUT2D eigenvalue weighted by Gasteiger charge is -2.29. The van der Waals surface area contributed by atoms with Gasteiger partial charge in [-0.15, -0.1) is 0 Å². The third kappa shape index (κ3) is 7.57. The van der Waals surface area contributed by atoms with E-state index in [0.29, 0.717) is 29.7 Å². The second kappa shape index (κ2) is 12.6. The van der Waals surface area contributed by atoms with Crippen molar-refractivity contribution in [3.63, 3.8) is 0 Å². The summed E-state index contributed by atoms with van der Waals surface area (Å²) in [5, 5.41) is 0.567. The summed E-state index contributed by atoms with van der Waals surface area (Å²) < 4.78 is 30.2. The molecule has 1 saturated heterocycles. The summed E-state index contributed by atoms with van der Waals surface area (Å²) in [4.78, 5) is 29.7. The van der Waals surface area contributed by atoms with E-state index in [9.17, 15) is 14.0 Å². The van der Waals surface area contributed by atoms with Gasteiger partial charge in [0.1, 0.15) is 17.3 Å². The largest absolute Gasteiger partial charge is 0.484 e. The zero-order valence-electron chi connectivity index (χ0n) is 19.8. The average molecular weight is 515 g/mol. The first kappa shape index (κ1) is 25.7. The number of ether oxygens (including phenoxy) is 2. The molecule has 1 aliphatic rings. The Hall–Kier alpha value is -3.36. The molecule has 4 rings (SSSR count). The number of hydrogen-bond acceptors (Lipinski definition) is 5. The molecule has 36 heavy (non-hydrogen) atoms. The van der Waals surface area contributed by atoms with Crippen LogP contribution >= 0.6 is 11.6 Å². The number of carbonyl (C=O) groups excluding carboxylic acids is 2.